The lowest BCUT2D eigenvalue weighted by molar-refractivity contribution is -0.181. The number of aliphatic hydroxyl groups is 4. The molecule has 9 nitrogen and oxygen atoms in total. The van der Waals surface area contributed by atoms with Crippen LogP contribution < -0.4 is 5.32 Å². The monoisotopic (exact) mass is 333 g/mol. The second-order valence-electron chi connectivity index (χ2n) is 5.46. The van der Waals surface area contributed by atoms with Crippen LogP contribution in [0, 0.1) is 0 Å². The summed E-state index contributed by atoms with van der Waals surface area (Å²) in [4.78, 5) is 23.0. The normalized spacial score (nSPS) is 31.3. The number of ether oxygens (including phenoxy) is 1. The Morgan fingerprint density at radius 1 is 1.39 bits per heavy atom. The number of carbonyl (C=O) groups is 2. The number of hydrogen-bond donors (Lipinski definition) is 6. The first-order valence-corrected chi connectivity index (χ1v) is 7.24. The SMILES string of the molecule is CC[C@]1(C(=O)O)C/C(=C(/O)[C@H](O)CO)[C@H](NC(=O)CO)C(C)O1. The molecule has 0 aromatic rings. The third-order valence-corrected chi connectivity index (χ3v) is 3.97. The third-order valence-electron chi connectivity index (χ3n) is 3.97. The number of aliphatic carboxylic acids is 1. The average Bonchev–Trinajstić information content (AvgIpc) is 2.54. The van der Waals surface area contributed by atoms with E-state index < -0.39 is 54.7 Å². The van der Waals surface area contributed by atoms with Crippen LogP contribution in [0.3, 0.4) is 0 Å². The van der Waals surface area contributed by atoms with Gasteiger partial charge in [-0.2, -0.15) is 0 Å². The van der Waals surface area contributed by atoms with Crippen molar-refractivity contribution >= 4 is 11.9 Å². The summed E-state index contributed by atoms with van der Waals surface area (Å²) in [6, 6.07) is -0.935. The molecule has 132 valence electrons. The van der Waals surface area contributed by atoms with Crippen LogP contribution in [0.5, 0.6) is 0 Å². The average molecular weight is 333 g/mol. The number of rotatable bonds is 6. The molecule has 0 bridgehead atoms. The largest absolute Gasteiger partial charge is 0.509 e. The molecule has 0 saturated carbocycles. The lowest BCUT2D eigenvalue weighted by Crippen LogP contribution is -2.57. The van der Waals surface area contributed by atoms with Crippen LogP contribution in [0.15, 0.2) is 11.3 Å². The van der Waals surface area contributed by atoms with Crippen molar-refractivity contribution in [1.29, 1.82) is 0 Å². The zero-order valence-electron chi connectivity index (χ0n) is 13.0. The predicted octanol–water partition coefficient (Wildman–Crippen LogP) is -1.33. The molecular weight excluding hydrogens is 310 g/mol. The van der Waals surface area contributed by atoms with Crippen LogP contribution in [0.1, 0.15) is 26.7 Å². The molecule has 0 radical (unpaired) electrons. The molecule has 0 spiro atoms. The fraction of sp³-hybridized carbons (Fsp3) is 0.714. The van der Waals surface area contributed by atoms with E-state index in [4.69, 9.17) is 14.9 Å². The smallest absolute Gasteiger partial charge is 0.336 e. The van der Waals surface area contributed by atoms with Crippen molar-refractivity contribution in [3.05, 3.63) is 11.3 Å². The first kappa shape index (κ1) is 19.4. The summed E-state index contributed by atoms with van der Waals surface area (Å²) in [6.07, 6.45) is -2.62. The van der Waals surface area contributed by atoms with Crippen molar-refractivity contribution in [3.8, 4) is 0 Å². The molecular formula is C14H23NO8. The summed E-state index contributed by atoms with van der Waals surface area (Å²) >= 11 is 0. The Morgan fingerprint density at radius 2 is 2.00 bits per heavy atom. The van der Waals surface area contributed by atoms with E-state index in [1.165, 1.54) is 6.92 Å². The molecule has 9 heteroatoms. The molecule has 0 aromatic heterocycles. The Balaban J connectivity index is 3.31. The molecule has 6 N–H and O–H groups in total. The molecule has 1 aliphatic heterocycles. The van der Waals surface area contributed by atoms with E-state index in [2.05, 4.69) is 5.32 Å². The molecule has 1 saturated heterocycles. The molecule has 1 fully saturated rings. The van der Waals surface area contributed by atoms with Crippen molar-refractivity contribution in [3.63, 3.8) is 0 Å². The second-order valence-corrected chi connectivity index (χ2v) is 5.46. The zero-order valence-corrected chi connectivity index (χ0v) is 13.0. The van der Waals surface area contributed by atoms with Gasteiger partial charge in [0, 0.05) is 6.42 Å². The maximum atomic E-state index is 11.6. The van der Waals surface area contributed by atoms with Gasteiger partial charge in [0.2, 0.25) is 5.91 Å². The second kappa shape index (κ2) is 7.73. The molecule has 1 heterocycles. The predicted molar refractivity (Wildman–Crippen MR) is 77.6 cm³/mol. The Kier molecular flexibility index (Phi) is 6.51. The number of carboxylic acids is 1. The number of hydrogen-bond acceptors (Lipinski definition) is 7. The van der Waals surface area contributed by atoms with Crippen LogP contribution in [0.2, 0.25) is 0 Å². The van der Waals surface area contributed by atoms with Gasteiger partial charge in [0.1, 0.15) is 18.5 Å². The maximum absolute atomic E-state index is 11.6. The van der Waals surface area contributed by atoms with Crippen LogP contribution in [-0.4, -0.2) is 74.5 Å². The van der Waals surface area contributed by atoms with Gasteiger partial charge in [-0.15, -0.1) is 0 Å². The fourth-order valence-electron chi connectivity index (χ4n) is 2.63. The third kappa shape index (κ3) is 3.99. The quantitative estimate of drug-likeness (QED) is 0.326. The highest BCUT2D eigenvalue weighted by atomic mass is 16.5. The van der Waals surface area contributed by atoms with Gasteiger partial charge in [-0.25, -0.2) is 4.79 Å². The summed E-state index contributed by atoms with van der Waals surface area (Å²) in [5.41, 5.74) is -1.56. The Bertz CT molecular complexity index is 491. The highest BCUT2D eigenvalue weighted by Crippen LogP contribution is 2.37. The first-order valence-electron chi connectivity index (χ1n) is 7.24. The van der Waals surface area contributed by atoms with E-state index >= 15 is 0 Å². The summed E-state index contributed by atoms with van der Waals surface area (Å²) in [7, 11) is 0. The summed E-state index contributed by atoms with van der Waals surface area (Å²) in [6.45, 7) is 1.55. The van der Waals surface area contributed by atoms with Gasteiger partial charge < -0.3 is 35.6 Å². The molecule has 1 unspecified atom stereocenters. The maximum Gasteiger partial charge on any atom is 0.336 e. The molecule has 1 amide bonds. The van der Waals surface area contributed by atoms with E-state index in [-0.39, 0.29) is 18.4 Å². The highest BCUT2D eigenvalue weighted by Gasteiger charge is 2.49. The van der Waals surface area contributed by atoms with E-state index in [0.29, 0.717) is 0 Å². The van der Waals surface area contributed by atoms with Gasteiger partial charge in [-0.3, -0.25) is 4.79 Å². The topological polar surface area (TPSA) is 157 Å². The minimum atomic E-state index is -1.61. The van der Waals surface area contributed by atoms with E-state index in [9.17, 15) is 24.9 Å². The van der Waals surface area contributed by atoms with E-state index in [1.54, 1.807) is 6.92 Å². The van der Waals surface area contributed by atoms with Crippen molar-refractivity contribution in [2.45, 2.75) is 50.5 Å². The van der Waals surface area contributed by atoms with Crippen molar-refractivity contribution < 1.29 is 39.9 Å². The Labute approximate surface area is 133 Å². The van der Waals surface area contributed by atoms with Crippen LogP contribution >= 0.6 is 0 Å². The molecule has 23 heavy (non-hydrogen) atoms. The lowest BCUT2D eigenvalue weighted by Gasteiger charge is -2.43. The van der Waals surface area contributed by atoms with E-state index in [1.807, 2.05) is 0 Å². The number of carbonyl (C=O) groups excluding carboxylic acids is 1. The zero-order chi connectivity index (χ0) is 17.8. The van der Waals surface area contributed by atoms with Crippen molar-refractivity contribution in [2.24, 2.45) is 0 Å². The van der Waals surface area contributed by atoms with Crippen molar-refractivity contribution in [1.82, 2.24) is 5.32 Å². The van der Waals surface area contributed by atoms with Gasteiger partial charge in [-0.1, -0.05) is 6.92 Å². The number of carboxylic acid groups (broad SMARTS) is 1. The summed E-state index contributed by atoms with van der Waals surface area (Å²) < 4.78 is 5.55. The Morgan fingerprint density at radius 3 is 2.43 bits per heavy atom. The van der Waals surface area contributed by atoms with Crippen molar-refractivity contribution in [2.75, 3.05) is 13.2 Å². The van der Waals surface area contributed by atoms with Gasteiger partial charge in [-0.05, 0) is 18.9 Å². The first-order chi connectivity index (χ1) is 10.7. The van der Waals surface area contributed by atoms with E-state index in [0.717, 1.165) is 0 Å². The minimum Gasteiger partial charge on any atom is -0.509 e. The lowest BCUT2D eigenvalue weighted by atomic mass is 9.81. The van der Waals surface area contributed by atoms with Gasteiger partial charge >= 0.3 is 5.97 Å². The van der Waals surface area contributed by atoms with Gasteiger partial charge in [0.15, 0.2) is 5.60 Å². The molecule has 4 atom stereocenters. The van der Waals surface area contributed by atoms with Gasteiger partial charge in [0.25, 0.3) is 0 Å². The van der Waals surface area contributed by atoms with Crippen LogP contribution in [0.25, 0.3) is 0 Å². The molecule has 0 aliphatic carbocycles. The van der Waals surface area contributed by atoms with Gasteiger partial charge in [0.05, 0.1) is 18.8 Å². The summed E-state index contributed by atoms with van der Waals surface area (Å²) in [5, 5.41) is 49.5. The summed E-state index contributed by atoms with van der Waals surface area (Å²) in [5.74, 6) is -2.58. The minimum absolute atomic E-state index is 0.0522. The molecule has 1 aliphatic rings. The number of amides is 1. The number of aliphatic hydroxyl groups excluding tert-OH is 4. The number of nitrogens with one attached hydrogen (secondary N) is 1. The van der Waals surface area contributed by atoms with Crippen LogP contribution in [0.4, 0.5) is 0 Å². The molecule has 0 aromatic carbocycles. The fourth-order valence-corrected chi connectivity index (χ4v) is 2.63. The highest BCUT2D eigenvalue weighted by molar-refractivity contribution is 5.80. The molecule has 1 rings (SSSR count). The Hall–Kier alpha value is -1.68. The standard InChI is InChI=1S/C14H23NO8/c1-3-14(13(21)22)4-8(12(20)9(18)5-16)11(7(2)23-14)15-10(19)6-17/h7,9,11,16-18,20H,3-6H2,1-2H3,(H,15,19)(H,21,22)/b12-8-/t7?,9-,11-,14-/m1/s1. The van der Waals surface area contributed by atoms with Crippen LogP contribution in [-0.2, 0) is 14.3 Å².